The Bertz CT molecular complexity index is 135. The van der Waals surface area contributed by atoms with Crippen LogP contribution in [0.2, 0.25) is 0 Å². The summed E-state index contributed by atoms with van der Waals surface area (Å²) >= 11 is 0. The zero-order valence-corrected chi connectivity index (χ0v) is 5.33. The Kier molecular flexibility index (Phi) is 3.44. The summed E-state index contributed by atoms with van der Waals surface area (Å²) in [6.45, 7) is 0.558. The number of carbonyl (C=O) groups excluding carboxylic acids is 1. The van der Waals surface area contributed by atoms with Crippen molar-refractivity contribution in [2.45, 2.75) is 6.42 Å². The topological polar surface area (TPSA) is 43.4 Å². The van der Waals surface area contributed by atoms with E-state index in [9.17, 15) is 9.90 Å². The van der Waals surface area contributed by atoms with Crippen molar-refractivity contribution in [1.82, 2.24) is 4.90 Å². The molecular weight excluding hydrogens is 113 g/mol. The summed E-state index contributed by atoms with van der Waals surface area (Å²) in [6.07, 6.45) is 3.03. The van der Waals surface area contributed by atoms with Gasteiger partial charge in [-0.25, -0.2) is 0 Å². The third-order valence-electron chi connectivity index (χ3n) is 1.06. The first-order valence-corrected chi connectivity index (χ1v) is 2.45. The molecule has 0 radical (unpaired) electrons. The summed E-state index contributed by atoms with van der Waals surface area (Å²) in [4.78, 5) is 11.1. The molecule has 0 aromatic heterocycles. The van der Waals surface area contributed by atoms with E-state index < -0.39 is 6.09 Å². The molecule has 9 heavy (non-hydrogen) atoms. The average Bonchev–Trinajstić information content (AvgIpc) is 2.12. The molecule has 1 rings (SSSR count). The minimum atomic E-state index is -1.11. The van der Waals surface area contributed by atoms with E-state index in [-0.39, 0.29) is 18.9 Å². The normalized spacial score (nSPS) is 15.3. The molecule has 0 bridgehead atoms. The van der Waals surface area contributed by atoms with Gasteiger partial charge in [0.05, 0.1) is 0 Å². The smallest absolute Gasteiger partial charge is 0.530 e. The van der Waals surface area contributed by atoms with E-state index in [1.54, 1.807) is 6.08 Å². The predicted octanol–water partition coefficient (Wildman–Crippen LogP) is -3.45. The maximum Gasteiger partial charge on any atom is 1.00 e. The minimum Gasteiger partial charge on any atom is -0.530 e. The molecular formula is C5H6LiNO2. The Hall–Kier alpha value is -0.393. The Labute approximate surface area is 65.5 Å². The third-order valence-corrected chi connectivity index (χ3v) is 1.06. The number of hydrogen-bond acceptors (Lipinski definition) is 2. The van der Waals surface area contributed by atoms with Gasteiger partial charge in [-0.05, 0) is 6.42 Å². The number of hydrogen-bond donors (Lipinski definition) is 0. The summed E-state index contributed by atoms with van der Waals surface area (Å²) in [7, 11) is 0. The van der Waals surface area contributed by atoms with Gasteiger partial charge in [0.2, 0.25) is 0 Å². The van der Waals surface area contributed by atoms with Crippen molar-refractivity contribution in [3.05, 3.63) is 12.3 Å². The van der Waals surface area contributed by atoms with E-state index in [4.69, 9.17) is 0 Å². The zero-order valence-electron chi connectivity index (χ0n) is 5.33. The average molecular weight is 119 g/mol. The summed E-state index contributed by atoms with van der Waals surface area (Å²) in [5.74, 6) is 0. The van der Waals surface area contributed by atoms with Gasteiger partial charge in [-0.1, -0.05) is 6.08 Å². The van der Waals surface area contributed by atoms with Crippen LogP contribution >= 0.6 is 0 Å². The van der Waals surface area contributed by atoms with Crippen molar-refractivity contribution in [3.8, 4) is 0 Å². The molecule has 0 unspecified atom stereocenters. The summed E-state index contributed by atoms with van der Waals surface area (Å²) < 4.78 is 0. The van der Waals surface area contributed by atoms with Crippen molar-refractivity contribution in [2.75, 3.05) is 6.54 Å². The van der Waals surface area contributed by atoms with Gasteiger partial charge in [0, 0.05) is 12.7 Å². The summed E-state index contributed by atoms with van der Waals surface area (Å²) in [6, 6.07) is 0. The Morgan fingerprint density at radius 2 is 2.33 bits per heavy atom. The fraction of sp³-hybridized carbons (Fsp3) is 0.400. The molecule has 1 heterocycles. The fourth-order valence-corrected chi connectivity index (χ4v) is 0.642. The molecule has 0 aromatic rings. The van der Waals surface area contributed by atoms with Gasteiger partial charge in [-0.3, -0.25) is 0 Å². The number of carbonyl (C=O) groups is 1. The van der Waals surface area contributed by atoms with Gasteiger partial charge in [0.25, 0.3) is 0 Å². The summed E-state index contributed by atoms with van der Waals surface area (Å²) in [5.41, 5.74) is 0. The minimum absolute atomic E-state index is 0. The van der Waals surface area contributed by atoms with Crippen LogP contribution in [0.5, 0.6) is 0 Å². The molecule has 44 valence electrons. The third kappa shape index (κ3) is 2.13. The van der Waals surface area contributed by atoms with Gasteiger partial charge in [-0.15, -0.1) is 0 Å². The van der Waals surface area contributed by atoms with Gasteiger partial charge in [-0.2, -0.15) is 0 Å². The SMILES string of the molecule is O=C([O-])N1C=CCC1.[Li+]. The van der Waals surface area contributed by atoms with Gasteiger partial charge < -0.3 is 14.8 Å². The molecule has 0 N–H and O–H groups in total. The molecule has 1 aliphatic heterocycles. The van der Waals surface area contributed by atoms with Crippen molar-refractivity contribution in [2.24, 2.45) is 0 Å². The van der Waals surface area contributed by atoms with E-state index in [2.05, 4.69) is 0 Å². The standard InChI is InChI=1S/C5H7NO2.Li/c7-5(8)6-3-1-2-4-6;/h1,3H,2,4H2,(H,7,8);/q;+1/p-1. The first kappa shape index (κ1) is 8.61. The van der Waals surface area contributed by atoms with Gasteiger partial charge >= 0.3 is 18.9 Å². The second kappa shape index (κ2) is 3.60. The number of nitrogens with zero attached hydrogens (tertiary/aromatic N) is 1. The Balaban J connectivity index is 0.000000640. The first-order chi connectivity index (χ1) is 3.80. The second-order valence-electron chi connectivity index (χ2n) is 1.63. The molecule has 1 amide bonds. The molecule has 0 aliphatic carbocycles. The molecule has 1 aliphatic rings. The Morgan fingerprint density at radius 3 is 2.56 bits per heavy atom. The maximum absolute atomic E-state index is 9.97. The summed E-state index contributed by atoms with van der Waals surface area (Å²) in [5, 5.41) is 9.97. The van der Waals surface area contributed by atoms with E-state index in [1.165, 1.54) is 6.20 Å². The van der Waals surface area contributed by atoms with Crippen LogP contribution in [0, 0.1) is 0 Å². The number of carboxylic acid groups (broad SMARTS) is 1. The van der Waals surface area contributed by atoms with E-state index >= 15 is 0 Å². The van der Waals surface area contributed by atoms with E-state index in [0.717, 1.165) is 11.3 Å². The second-order valence-corrected chi connectivity index (χ2v) is 1.63. The molecule has 4 heteroatoms. The molecule has 0 saturated heterocycles. The monoisotopic (exact) mass is 119 g/mol. The van der Waals surface area contributed by atoms with Crippen LogP contribution in [0.4, 0.5) is 4.79 Å². The van der Waals surface area contributed by atoms with Crippen molar-refractivity contribution in [1.29, 1.82) is 0 Å². The van der Waals surface area contributed by atoms with Gasteiger partial charge in [0.15, 0.2) is 0 Å². The van der Waals surface area contributed by atoms with Crippen molar-refractivity contribution >= 4 is 6.09 Å². The fourth-order valence-electron chi connectivity index (χ4n) is 0.642. The quantitative estimate of drug-likeness (QED) is 0.311. The number of amides is 1. The van der Waals surface area contributed by atoms with Crippen LogP contribution in [0.25, 0.3) is 0 Å². The van der Waals surface area contributed by atoms with Crippen molar-refractivity contribution in [3.63, 3.8) is 0 Å². The molecule has 0 fully saturated rings. The van der Waals surface area contributed by atoms with Crippen LogP contribution < -0.4 is 24.0 Å². The molecule has 0 saturated carbocycles. The van der Waals surface area contributed by atoms with Crippen LogP contribution in [0.15, 0.2) is 12.3 Å². The predicted molar refractivity (Wildman–Crippen MR) is 25.9 cm³/mol. The van der Waals surface area contributed by atoms with Crippen LogP contribution in [-0.2, 0) is 0 Å². The largest absolute Gasteiger partial charge is 1.00 e. The maximum atomic E-state index is 9.97. The number of rotatable bonds is 0. The molecule has 0 atom stereocenters. The zero-order chi connectivity index (χ0) is 5.98. The first-order valence-electron chi connectivity index (χ1n) is 2.45. The van der Waals surface area contributed by atoms with E-state index in [0.29, 0.717) is 6.54 Å². The van der Waals surface area contributed by atoms with Crippen molar-refractivity contribution < 1.29 is 28.8 Å². The van der Waals surface area contributed by atoms with Gasteiger partial charge in [0.1, 0.15) is 6.09 Å². The molecule has 0 aromatic carbocycles. The van der Waals surface area contributed by atoms with E-state index in [1.807, 2.05) is 0 Å². The van der Waals surface area contributed by atoms with Crippen LogP contribution in [0.3, 0.4) is 0 Å². The van der Waals surface area contributed by atoms with Crippen LogP contribution in [-0.4, -0.2) is 17.5 Å². The molecule has 3 nitrogen and oxygen atoms in total. The Morgan fingerprint density at radius 1 is 1.67 bits per heavy atom. The van der Waals surface area contributed by atoms with Crippen LogP contribution in [0.1, 0.15) is 6.42 Å². The molecule has 0 spiro atoms.